The Labute approximate surface area is 163 Å². The Morgan fingerprint density at radius 3 is 2.69 bits per heavy atom. The standard InChI is InChI=1S/C20H15BrN2O2S/c1-13-7-8-15-17(11-13)26-20(22-15)23(12-14-5-3-2-4-6-14)19(24)16-9-10-18(21)25-16/h2-11H,12H2,1H3. The quantitative estimate of drug-likeness (QED) is 0.413. The molecule has 0 fully saturated rings. The van der Waals surface area contributed by atoms with E-state index in [0.29, 0.717) is 16.3 Å². The van der Waals surface area contributed by atoms with Gasteiger partial charge in [-0.3, -0.25) is 9.69 Å². The fraction of sp³-hybridized carbons (Fsp3) is 0.100. The first kappa shape index (κ1) is 17.0. The second kappa shape index (κ2) is 7.05. The number of carbonyl (C=O) groups is 1. The molecule has 130 valence electrons. The Bertz CT molecular complexity index is 1070. The van der Waals surface area contributed by atoms with Crippen LogP contribution in [0.1, 0.15) is 21.7 Å². The average molecular weight is 427 g/mol. The van der Waals surface area contributed by atoms with Gasteiger partial charge in [0.2, 0.25) is 0 Å². The third-order valence-corrected chi connectivity index (χ3v) is 5.44. The molecule has 0 spiro atoms. The van der Waals surface area contributed by atoms with Crippen LogP contribution >= 0.6 is 27.3 Å². The number of amides is 1. The van der Waals surface area contributed by atoms with Crippen LogP contribution in [0.25, 0.3) is 10.2 Å². The molecule has 1 amide bonds. The molecule has 6 heteroatoms. The third-order valence-electron chi connectivity index (χ3n) is 3.98. The highest BCUT2D eigenvalue weighted by Gasteiger charge is 2.24. The summed E-state index contributed by atoms with van der Waals surface area (Å²) in [4.78, 5) is 19.4. The van der Waals surface area contributed by atoms with Crippen molar-refractivity contribution in [3.8, 4) is 0 Å². The van der Waals surface area contributed by atoms with Crippen LogP contribution in [0.4, 0.5) is 5.13 Å². The van der Waals surface area contributed by atoms with Gasteiger partial charge < -0.3 is 4.42 Å². The zero-order valence-corrected chi connectivity index (χ0v) is 16.4. The normalized spacial score (nSPS) is 11.0. The van der Waals surface area contributed by atoms with E-state index in [1.807, 2.05) is 49.4 Å². The van der Waals surface area contributed by atoms with Crippen LogP contribution in [0.15, 0.2) is 69.8 Å². The van der Waals surface area contributed by atoms with E-state index in [1.165, 1.54) is 16.9 Å². The highest BCUT2D eigenvalue weighted by atomic mass is 79.9. The number of hydrogen-bond acceptors (Lipinski definition) is 4. The van der Waals surface area contributed by atoms with Crippen LogP contribution in [0, 0.1) is 6.92 Å². The van der Waals surface area contributed by atoms with Gasteiger partial charge in [-0.15, -0.1) is 0 Å². The lowest BCUT2D eigenvalue weighted by molar-refractivity contribution is 0.0957. The minimum atomic E-state index is -0.213. The highest BCUT2D eigenvalue weighted by Crippen LogP contribution is 2.32. The van der Waals surface area contributed by atoms with Gasteiger partial charge in [-0.2, -0.15) is 0 Å². The molecule has 0 atom stereocenters. The summed E-state index contributed by atoms with van der Waals surface area (Å²) < 4.78 is 7.07. The smallest absolute Gasteiger partial charge is 0.296 e. The molecule has 2 heterocycles. The number of hydrogen-bond donors (Lipinski definition) is 0. The largest absolute Gasteiger partial charge is 0.444 e. The van der Waals surface area contributed by atoms with Crippen molar-refractivity contribution in [3.63, 3.8) is 0 Å². The number of nitrogens with zero attached hydrogens (tertiary/aromatic N) is 2. The van der Waals surface area contributed by atoms with E-state index in [4.69, 9.17) is 4.42 Å². The minimum Gasteiger partial charge on any atom is -0.444 e. The van der Waals surface area contributed by atoms with Crippen molar-refractivity contribution in [2.24, 2.45) is 0 Å². The predicted octanol–water partition coefficient (Wildman–Crippen LogP) is 5.81. The molecule has 0 aliphatic carbocycles. The number of aryl methyl sites for hydroxylation is 1. The Balaban J connectivity index is 1.76. The van der Waals surface area contributed by atoms with E-state index < -0.39 is 0 Å². The first-order valence-electron chi connectivity index (χ1n) is 8.08. The predicted molar refractivity (Wildman–Crippen MR) is 108 cm³/mol. The van der Waals surface area contributed by atoms with E-state index in [0.717, 1.165) is 15.8 Å². The zero-order chi connectivity index (χ0) is 18.1. The van der Waals surface area contributed by atoms with Gasteiger partial charge in [-0.05, 0) is 58.2 Å². The van der Waals surface area contributed by atoms with Crippen LogP contribution in [0.2, 0.25) is 0 Å². The van der Waals surface area contributed by atoms with Gasteiger partial charge in [0.25, 0.3) is 5.91 Å². The number of furan rings is 1. The first-order valence-corrected chi connectivity index (χ1v) is 9.69. The maximum Gasteiger partial charge on any atom is 0.296 e. The summed E-state index contributed by atoms with van der Waals surface area (Å²) in [5.74, 6) is 0.0681. The van der Waals surface area contributed by atoms with Gasteiger partial charge in [-0.25, -0.2) is 4.98 Å². The monoisotopic (exact) mass is 426 g/mol. The lowest BCUT2D eigenvalue weighted by Gasteiger charge is -2.18. The van der Waals surface area contributed by atoms with Crippen molar-refractivity contribution in [2.45, 2.75) is 13.5 Å². The molecular formula is C20H15BrN2O2S. The van der Waals surface area contributed by atoms with Crippen molar-refractivity contribution < 1.29 is 9.21 Å². The number of halogens is 1. The Morgan fingerprint density at radius 1 is 1.15 bits per heavy atom. The van der Waals surface area contributed by atoms with E-state index in [-0.39, 0.29) is 11.7 Å². The maximum atomic E-state index is 13.1. The molecule has 4 aromatic rings. The number of carbonyl (C=O) groups excluding carboxylic acids is 1. The molecule has 4 nitrogen and oxygen atoms in total. The molecule has 26 heavy (non-hydrogen) atoms. The van der Waals surface area contributed by atoms with Crippen LogP contribution < -0.4 is 4.90 Å². The minimum absolute atomic E-state index is 0.213. The summed E-state index contributed by atoms with van der Waals surface area (Å²) in [7, 11) is 0. The number of aromatic nitrogens is 1. The number of anilines is 1. The molecule has 0 unspecified atom stereocenters. The molecular weight excluding hydrogens is 412 g/mol. The SMILES string of the molecule is Cc1ccc2nc(N(Cc3ccccc3)C(=O)c3ccc(Br)o3)sc2c1. The van der Waals surface area contributed by atoms with Crippen LogP contribution in [0.5, 0.6) is 0 Å². The second-order valence-electron chi connectivity index (χ2n) is 5.95. The first-order chi connectivity index (χ1) is 12.6. The van der Waals surface area contributed by atoms with Gasteiger partial charge in [-0.1, -0.05) is 47.7 Å². The topological polar surface area (TPSA) is 46.3 Å². The van der Waals surface area contributed by atoms with E-state index in [1.54, 1.807) is 17.0 Å². The molecule has 0 saturated carbocycles. The third kappa shape index (κ3) is 3.43. The number of fused-ring (bicyclic) bond motifs is 1. The highest BCUT2D eigenvalue weighted by molar-refractivity contribution is 9.10. The second-order valence-corrected chi connectivity index (χ2v) is 7.74. The summed E-state index contributed by atoms with van der Waals surface area (Å²) in [6.45, 7) is 2.48. The zero-order valence-electron chi connectivity index (χ0n) is 14.0. The van der Waals surface area contributed by atoms with Crippen molar-refractivity contribution in [1.82, 2.24) is 4.98 Å². The number of benzene rings is 2. The van der Waals surface area contributed by atoms with Crippen LogP contribution in [-0.2, 0) is 6.54 Å². The van der Waals surface area contributed by atoms with Gasteiger partial charge in [0.15, 0.2) is 15.6 Å². The summed E-state index contributed by atoms with van der Waals surface area (Å²) in [6, 6.07) is 19.4. The van der Waals surface area contributed by atoms with Gasteiger partial charge in [0.05, 0.1) is 16.8 Å². The number of rotatable bonds is 4. The van der Waals surface area contributed by atoms with Gasteiger partial charge in [0, 0.05) is 0 Å². The van der Waals surface area contributed by atoms with E-state index >= 15 is 0 Å². The van der Waals surface area contributed by atoms with E-state index in [2.05, 4.69) is 27.0 Å². The fourth-order valence-electron chi connectivity index (χ4n) is 2.69. The summed E-state index contributed by atoms with van der Waals surface area (Å²) in [5, 5.41) is 0.659. The molecule has 4 rings (SSSR count). The van der Waals surface area contributed by atoms with Gasteiger partial charge >= 0.3 is 0 Å². The van der Waals surface area contributed by atoms with E-state index in [9.17, 15) is 4.79 Å². The lowest BCUT2D eigenvalue weighted by Crippen LogP contribution is -2.30. The molecule has 2 aromatic carbocycles. The molecule has 0 radical (unpaired) electrons. The summed E-state index contributed by atoms with van der Waals surface area (Å²) in [6.07, 6.45) is 0. The Kier molecular flexibility index (Phi) is 4.61. The lowest BCUT2D eigenvalue weighted by atomic mass is 10.2. The van der Waals surface area contributed by atoms with Crippen molar-refractivity contribution >= 4 is 48.5 Å². The molecule has 2 aromatic heterocycles. The Hall–Kier alpha value is -2.44. The van der Waals surface area contributed by atoms with Crippen molar-refractivity contribution in [2.75, 3.05) is 4.90 Å². The molecule has 0 bridgehead atoms. The molecule has 0 saturated heterocycles. The average Bonchev–Trinajstić information content (AvgIpc) is 3.25. The maximum absolute atomic E-state index is 13.1. The van der Waals surface area contributed by atoms with Crippen molar-refractivity contribution in [1.29, 1.82) is 0 Å². The van der Waals surface area contributed by atoms with Crippen molar-refractivity contribution in [3.05, 3.63) is 82.2 Å². The van der Waals surface area contributed by atoms with Crippen LogP contribution in [-0.4, -0.2) is 10.9 Å². The summed E-state index contributed by atoms with van der Waals surface area (Å²) in [5.41, 5.74) is 3.09. The summed E-state index contributed by atoms with van der Waals surface area (Å²) >= 11 is 4.77. The molecule has 0 aliphatic rings. The molecule has 0 N–H and O–H groups in total. The van der Waals surface area contributed by atoms with Crippen LogP contribution in [0.3, 0.4) is 0 Å². The Morgan fingerprint density at radius 2 is 1.96 bits per heavy atom. The van der Waals surface area contributed by atoms with Gasteiger partial charge in [0.1, 0.15) is 0 Å². The number of thiazole rings is 1. The fourth-order valence-corrected chi connectivity index (χ4v) is 4.06. The molecule has 0 aliphatic heterocycles.